The van der Waals surface area contributed by atoms with Crippen LogP contribution in [0.4, 0.5) is 4.39 Å². The molecule has 0 aliphatic heterocycles. The molecule has 1 fully saturated rings. The Morgan fingerprint density at radius 2 is 2.11 bits per heavy atom. The highest BCUT2D eigenvalue weighted by Crippen LogP contribution is 2.34. The number of hydrogen-bond donors (Lipinski definition) is 1. The van der Waals surface area contributed by atoms with Gasteiger partial charge in [-0.15, -0.1) is 0 Å². The summed E-state index contributed by atoms with van der Waals surface area (Å²) in [5.41, 5.74) is 0.813. The average molecular weight is 270 g/mol. The minimum absolute atomic E-state index is 0.156. The zero-order valence-corrected chi connectivity index (χ0v) is 11.6. The number of nitrogens with one attached hydrogen (secondary N) is 1. The SMILES string of the molecule is CCNCC1CCCC1Cc1ccc(Cl)cc1F. The van der Waals surface area contributed by atoms with Crippen molar-refractivity contribution in [1.82, 2.24) is 5.32 Å². The molecule has 1 aromatic rings. The van der Waals surface area contributed by atoms with E-state index in [1.807, 2.05) is 6.07 Å². The van der Waals surface area contributed by atoms with Gasteiger partial charge in [0, 0.05) is 5.02 Å². The minimum Gasteiger partial charge on any atom is -0.317 e. The number of halogens is 2. The van der Waals surface area contributed by atoms with Gasteiger partial charge in [-0.25, -0.2) is 4.39 Å². The van der Waals surface area contributed by atoms with Crippen LogP contribution < -0.4 is 5.32 Å². The Hall–Kier alpha value is -0.600. The molecule has 0 spiro atoms. The van der Waals surface area contributed by atoms with Crippen molar-refractivity contribution in [2.45, 2.75) is 32.6 Å². The van der Waals surface area contributed by atoms with Crippen molar-refractivity contribution in [3.05, 3.63) is 34.6 Å². The molecule has 2 rings (SSSR count). The molecule has 2 atom stereocenters. The first-order valence-electron chi connectivity index (χ1n) is 6.85. The van der Waals surface area contributed by atoms with E-state index in [4.69, 9.17) is 11.6 Å². The molecule has 1 aliphatic rings. The summed E-state index contributed by atoms with van der Waals surface area (Å²) in [7, 11) is 0. The van der Waals surface area contributed by atoms with Crippen LogP contribution in [0.1, 0.15) is 31.7 Å². The second-order valence-corrected chi connectivity index (χ2v) is 5.64. The topological polar surface area (TPSA) is 12.0 Å². The van der Waals surface area contributed by atoms with Crippen molar-refractivity contribution in [2.24, 2.45) is 11.8 Å². The molecule has 100 valence electrons. The van der Waals surface area contributed by atoms with Gasteiger partial charge in [0.25, 0.3) is 0 Å². The van der Waals surface area contributed by atoms with Crippen molar-refractivity contribution in [3.8, 4) is 0 Å². The van der Waals surface area contributed by atoms with E-state index in [2.05, 4.69) is 12.2 Å². The summed E-state index contributed by atoms with van der Waals surface area (Å²) >= 11 is 5.78. The highest BCUT2D eigenvalue weighted by Gasteiger charge is 2.27. The molecule has 18 heavy (non-hydrogen) atoms. The van der Waals surface area contributed by atoms with Crippen LogP contribution in [0.3, 0.4) is 0 Å². The maximum absolute atomic E-state index is 13.8. The summed E-state index contributed by atoms with van der Waals surface area (Å²) in [6.07, 6.45) is 4.61. The maximum atomic E-state index is 13.8. The maximum Gasteiger partial charge on any atom is 0.127 e. The lowest BCUT2D eigenvalue weighted by Gasteiger charge is -2.20. The Labute approximate surface area is 114 Å². The van der Waals surface area contributed by atoms with E-state index in [1.54, 1.807) is 6.07 Å². The first kappa shape index (κ1) is 13.8. The average Bonchev–Trinajstić information content (AvgIpc) is 2.77. The molecule has 1 saturated carbocycles. The Morgan fingerprint density at radius 1 is 1.33 bits per heavy atom. The fraction of sp³-hybridized carbons (Fsp3) is 0.600. The molecule has 1 aromatic carbocycles. The lowest BCUT2D eigenvalue weighted by atomic mass is 9.89. The van der Waals surface area contributed by atoms with Crippen LogP contribution in [0.2, 0.25) is 5.02 Å². The Morgan fingerprint density at radius 3 is 2.83 bits per heavy atom. The number of hydrogen-bond acceptors (Lipinski definition) is 1. The zero-order valence-electron chi connectivity index (χ0n) is 10.9. The number of benzene rings is 1. The van der Waals surface area contributed by atoms with Crippen molar-refractivity contribution in [3.63, 3.8) is 0 Å². The third-order valence-corrected chi connectivity index (χ3v) is 4.21. The van der Waals surface area contributed by atoms with Crippen LogP contribution in [-0.4, -0.2) is 13.1 Å². The molecule has 1 N–H and O–H groups in total. The molecule has 0 bridgehead atoms. The van der Waals surface area contributed by atoms with Gasteiger partial charge in [-0.1, -0.05) is 31.0 Å². The third kappa shape index (κ3) is 3.46. The predicted molar refractivity (Wildman–Crippen MR) is 74.5 cm³/mol. The highest BCUT2D eigenvalue weighted by atomic mass is 35.5. The molecule has 0 heterocycles. The fourth-order valence-corrected chi connectivity index (χ4v) is 3.11. The second kappa shape index (κ2) is 6.53. The minimum atomic E-state index is -0.156. The van der Waals surface area contributed by atoms with Crippen LogP contribution in [0.5, 0.6) is 0 Å². The molecule has 1 nitrogen and oxygen atoms in total. The van der Waals surface area contributed by atoms with Gasteiger partial charge in [0.05, 0.1) is 0 Å². The van der Waals surface area contributed by atoms with Crippen molar-refractivity contribution in [1.29, 1.82) is 0 Å². The fourth-order valence-electron chi connectivity index (χ4n) is 2.95. The van der Waals surface area contributed by atoms with E-state index in [0.717, 1.165) is 25.1 Å². The lowest BCUT2D eigenvalue weighted by molar-refractivity contribution is 0.364. The smallest absolute Gasteiger partial charge is 0.127 e. The zero-order chi connectivity index (χ0) is 13.0. The largest absolute Gasteiger partial charge is 0.317 e. The summed E-state index contributed by atoms with van der Waals surface area (Å²) in [6, 6.07) is 5.04. The van der Waals surface area contributed by atoms with Crippen LogP contribution in [-0.2, 0) is 6.42 Å². The Kier molecular flexibility index (Phi) is 5.02. The first-order chi connectivity index (χ1) is 8.70. The van der Waals surface area contributed by atoms with Crippen molar-refractivity contribution >= 4 is 11.6 Å². The predicted octanol–water partition coefficient (Wildman–Crippen LogP) is 4.05. The summed E-state index contributed by atoms with van der Waals surface area (Å²) < 4.78 is 13.8. The summed E-state index contributed by atoms with van der Waals surface area (Å²) in [6.45, 7) is 4.21. The second-order valence-electron chi connectivity index (χ2n) is 5.20. The molecule has 0 radical (unpaired) electrons. The van der Waals surface area contributed by atoms with Crippen molar-refractivity contribution < 1.29 is 4.39 Å². The van der Waals surface area contributed by atoms with Gasteiger partial charge < -0.3 is 5.32 Å². The monoisotopic (exact) mass is 269 g/mol. The van der Waals surface area contributed by atoms with Gasteiger partial charge in [0.15, 0.2) is 0 Å². The van der Waals surface area contributed by atoms with Crippen LogP contribution in [0.15, 0.2) is 18.2 Å². The van der Waals surface area contributed by atoms with Gasteiger partial charge >= 0.3 is 0 Å². The van der Waals surface area contributed by atoms with E-state index in [-0.39, 0.29) is 5.82 Å². The summed E-state index contributed by atoms with van der Waals surface area (Å²) in [5, 5.41) is 3.89. The Bertz CT molecular complexity index is 394. The molecule has 0 saturated heterocycles. The molecule has 2 unspecified atom stereocenters. The highest BCUT2D eigenvalue weighted by molar-refractivity contribution is 6.30. The third-order valence-electron chi connectivity index (χ3n) is 3.97. The normalized spacial score (nSPS) is 23.5. The van der Waals surface area contributed by atoms with E-state index < -0.39 is 0 Å². The van der Waals surface area contributed by atoms with E-state index in [0.29, 0.717) is 16.9 Å². The molecule has 0 aromatic heterocycles. The van der Waals surface area contributed by atoms with E-state index >= 15 is 0 Å². The standard InChI is InChI=1S/C15H21ClFN/c1-2-18-10-13-5-3-4-11(13)8-12-6-7-14(16)9-15(12)17/h6-7,9,11,13,18H,2-5,8,10H2,1H3. The molecular weight excluding hydrogens is 249 g/mol. The Balaban J connectivity index is 1.99. The quantitative estimate of drug-likeness (QED) is 0.850. The van der Waals surface area contributed by atoms with Crippen molar-refractivity contribution in [2.75, 3.05) is 13.1 Å². The molecule has 1 aliphatic carbocycles. The summed E-state index contributed by atoms with van der Waals surface area (Å²) in [4.78, 5) is 0. The van der Waals surface area contributed by atoms with Crippen LogP contribution >= 0.6 is 11.6 Å². The van der Waals surface area contributed by atoms with Gasteiger partial charge in [-0.3, -0.25) is 0 Å². The first-order valence-corrected chi connectivity index (χ1v) is 7.23. The summed E-state index contributed by atoms with van der Waals surface area (Å²) in [5.74, 6) is 1.15. The molecule has 3 heteroatoms. The number of rotatable bonds is 5. The van der Waals surface area contributed by atoms with Gasteiger partial charge in [-0.05, 0) is 61.9 Å². The van der Waals surface area contributed by atoms with Gasteiger partial charge in [-0.2, -0.15) is 0 Å². The van der Waals surface area contributed by atoms with Gasteiger partial charge in [0.2, 0.25) is 0 Å². The van der Waals surface area contributed by atoms with Crippen LogP contribution in [0.25, 0.3) is 0 Å². The molecular formula is C15H21ClFN. The lowest BCUT2D eigenvalue weighted by Crippen LogP contribution is -2.26. The van der Waals surface area contributed by atoms with Crippen LogP contribution in [0, 0.1) is 17.7 Å². The van der Waals surface area contributed by atoms with Gasteiger partial charge in [0.1, 0.15) is 5.82 Å². The van der Waals surface area contributed by atoms with E-state index in [9.17, 15) is 4.39 Å². The van der Waals surface area contributed by atoms with E-state index in [1.165, 1.54) is 25.3 Å². The molecule has 0 amide bonds.